The van der Waals surface area contributed by atoms with Gasteiger partial charge in [0.1, 0.15) is 0 Å². The highest BCUT2D eigenvalue weighted by molar-refractivity contribution is 6.30. The van der Waals surface area contributed by atoms with E-state index in [-0.39, 0.29) is 30.4 Å². The largest absolute Gasteiger partial charge is 0.392 e. The molecule has 2 aliphatic heterocycles. The predicted molar refractivity (Wildman–Crippen MR) is 189 cm³/mol. The third kappa shape index (κ3) is 7.27. The Bertz CT molecular complexity index is 1570. The predicted octanol–water partition coefficient (Wildman–Crippen LogP) is 7.45. The van der Waals surface area contributed by atoms with E-state index in [1.165, 1.54) is 19.3 Å². The zero-order valence-electron chi connectivity index (χ0n) is 28.0. The second kappa shape index (κ2) is 13.6. The number of piperidine rings is 1. The minimum absolute atomic E-state index is 0.00155. The summed E-state index contributed by atoms with van der Waals surface area (Å²) < 4.78 is 13.2. The van der Waals surface area contributed by atoms with Crippen LogP contribution in [0.15, 0.2) is 72.8 Å². The van der Waals surface area contributed by atoms with E-state index in [1.54, 1.807) is 0 Å². The minimum atomic E-state index is -0.862. The Labute approximate surface area is 294 Å². The van der Waals surface area contributed by atoms with Gasteiger partial charge in [-0.25, -0.2) is 4.79 Å². The summed E-state index contributed by atoms with van der Waals surface area (Å²) in [5.74, 6) is 2.32. The van der Waals surface area contributed by atoms with E-state index in [9.17, 15) is 15.0 Å². The summed E-state index contributed by atoms with van der Waals surface area (Å²) in [6, 6.07) is 23.2. The number of likely N-dealkylation sites (tertiary alicyclic amines) is 1. The fourth-order valence-electron chi connectivity index (χ4n) is 9.87. The van der Waals surface area contributed by atoms with E-state index in [2.05, 4.69) is 15.5 Å². The number of ether oxygens (including phenoxy) is 2. The third-order valence-electron chi connectivity index (χ3n) is 12.0. The van der Waals surface area contributed by atoms with Gasteiger partial charge in [-0.3, -0.25) is 0 Å². The van der Waals surface area contributed by atoms with Crippen LogP contribution in [0.4, 0.5) is 10.5 Å². The van der Waals surface area contributed by atoms with Crippen LogP contribution < -0.4 is 10.6 Å². The summed E-state index contributed by atoms with van der Waals surface area (Å²) in [4.78, 5) is 15.6. The van der Waals surface area contributed by atoms with Gasteiger partial charge in [0.2, 0.25) is 0 Å². The number of aliphatic hydroxyl groups is 2. The zero-order valence-corrected chi connectivity index (χ0v) is 28.8. The number of carbonyl (C=O) groups excluding carboxylic acids is 1. The summed E-state index contributed by atoms with van der Waals surface area (Å²) in [6.45, 7) is 2.24. The number of hydrogen-bond donors (Lipinski definition) is 4. The van der Waals surface area contributed by atoms with Crippen LogP contribution in [0.5, 0.6) is 0 Å². The molecular weight excluding hydrogens is 638 g/mol. The van der Waals surface area contributed by atoms with Crippen LogP contribution in [0.3, 0.4) is 0 Å². The Balaban J connectivity index is 0.925. The van der Waals surface area contributed by atoms with Crippen molar-refractivity contribution in [3.05, 3.63) is 100 Å². The molecule has 3 aromatic rings. The number of nitrogens with one attached hydrogen (secondary N) is 2. The van der Waals surface area contributed by atoms with E-state index < -0.39 is 11.9 Å². The average molecular weight is 686 g/mol. The number of carbonyl (C=O) groups is 1. The van der Waals surface area contributed by atoms with Crippen molar-refractivity contribution in [2.75, 3.05) is 25.0 Å². The van der Waals surface area contributed by atoms with E-state index in [1.807, 2.05) is 72.8 Å². The number of nitrogens with zero attached hydrogens (tertiary/aromatic N) is 1. The first-order valence-electron chi connectivity index (χ1n) is 18.1. The molecule has 4 saturated carbocycles. The molecule has 0 radical (unpaired) electrons. The number of benzene rings is 3. The summed E-state index contributed by atoms with van der Waals surface area (Å²) in [5, 5.41) is 28.2. The second-order valence-corrected chi connectivity index (χ2v) is 16.0. The normalized spacial score (nSPS) is 32.1. The van der Waals surface area contributed by atoms with E-state index in [0.29, 0.717) is 24.3 Å². The molecule has 9 rings (SSSR count). The molecule has 260 valence electrons. The van der Waals surface area contributed by atoms with Gasteiger partial charge in [-0.2, -0.15) is 0 Å². The van der Waals surface area contributed by atoms with Crippen LogP contribution in [0.25, 0.3) is 0 Å². The number of anilines is 1. The SMILES string of the molecule is O=C(Nc1ccc([C@@H]2O[C@H](CN3CCC(O)(c4ccc(Cl)cc4)CC3)C[C@H](c3ccc(CO)cc3)O2)cc1)NC12CC3CC(CC(C3)C1)C2. The van der Waals surface area contributed by atoms with E-state index in [0.717, 1.165) is 84.6 Å². The Hall–Kier alpha value is -2.98. The molecule has 8 nitrogen and oxygen atoms in total. The molecular formula is C40H48ClN3O5. The van der Waals surface area contributed by atoms with Gasteiger partial charge in [0.25, 0.3) is 0 Å². The quantitative estimate of drug-likeness (QED) is 0.196. The number of hydrogen-bond acceptors (Lipinski definition) is 6. The molecule has 3 aromatic carbocycles. The topological polar surface area (TPSA) is 103 Å². The monoisotopic (exact) mass is 685 g/mol. The smallest absolute Gasteiger partial charge is 0.319 e. The highest BCUT2D eigenvalue weighted by Gasteiger charge is 2.51. The summed E-state index contributed by atoms with van der Waals surface area (Å²) >= 11 is 6.09. The van der Waals surface area contributed by atoms with Crippen molar-refractivity contribution < 1.29 is 24.5 Å². The van der Waals surface area contributed by atoms with Crippen molar-refractivity contribution in [1.29, 1.82) is 0 Å². The third-order valence-corrected chi connectivity index (χ3v) is 12.3. The van der Waals surface area contributed by atoms with Gasteiger partial charge in [0.05, 0.1) is 24.4 Å². The zero-order chi connectivity index (χ0) is 33.6. The lowest BCUT2D eigenvalue weighted by Gasteiger charge is -2.56. The lowest BCUT2D eigenvalue weighted by atomic mass is 9.53. The van der Waals surface area contributed by atoms with Crippen molar-refractivity contribution in [3.8, 4) is 0 Å². The molecule has 2 saturated heterocycles. The molecule has 4 aliphatic carbocycles. The van der Waals surface area contributed by atoms with Gasteiger partial charge in [-0.1, -0.05) is 60.1 Å². The van der Waals surface area contributed by atoms with Crippen LogP contribution in [0, 0.1) is 17.8 Å². The number of amides is 2. The maximum absolute atomic E-state index is 13.2. The maximum Gasteiger partial charge on any atom is 0.319 e. The molecule has 0 unspecified atom stereocenters. The van der Waals surface area contributed by atoms with Crippen molar-refractivity contribution in [1.82, 2.24) is 10.2 Å². The fourth-order valence-corrected chi connectivity index (χ4v) is 9.99. The Morgan fingerprint density at radius 1 is 0.816 bits per heavy atom. The van der Waals surface area contributed by atoms with Crippen molar-refractivity contribution in [3.63, 3.8) is 0 Å². The molecule has 6 fully saturated rings. The first kappa shape index (κ1) is 33.2. The highest BCUT2D eigenvalue weighted by Crippen LogP contribution is 2.55. The lowest BCUT2D eigenvalue weighted by Crippen LogP contribution is -2.60. The molecule has 6 aliphatic rings. The van der Waals surface area contributed by atoms with Crippen LogP contribution in [0.2, 0.25) is 5.02 Å². The Kier molecular flexibility index (Phi) is 9.23. The van der Waals surface area contributed by atoms with Crippen LogP contribution in [-0.2, 0) is 21.7 Å². The Morgan fingerprint density at radius 3 is 2.04 bits per heavy atom. The van der Waals surface area contributed by atoms with Gasteiger partial charge in [-0.05, 0) is 110 Å². The summed E-state index contributed by atoms with van der Waals surface area (Å²) in [7, 11) is 0. The molecule has 0 spiro atoms. The number of rotatable bonds is 8. The first-order valence-corrected chi connectivity index (χ1v) is 18.5. The molecule has 9 heteroatoms. The lowest BCUT2D eigenvalue weighted by molar-refractivity contribution is -0.253. The van der Waals surface area contributed by atoms with Crippen LogP contribution in [0.1, 0.15) is 92.4 Å². The highest BCUT2D eigenvalue weighted by atomic mass is 35.5. The van der Waals surface area contributed by atoms with Crippen LogP contribution >= 0.6 is 11.6 Å². The van der Waals surface area contributed by atoms with Crippen molar-refractivity contribution in [2.24, 2.45) is 17.8 Å². The summed E-state index contributed by atoms with van der Waals surface area (Å²) in [6.07, 6.45) is 8.50. The molecule has 4 bridgehead atoms. The van der Waals surface area contributed by atoms with Gasteiger partial charge in [0, 0.05) is 47.9 Å². The van der Waals surface area contributed by atoms with Crippen molar-refractivity contribution in [2.45, 2.75) is 94.0 Å². The van der Waals surface area contributed by atoms with Gasteiger partial charge >= 0.3 is 6.03 Å². The van der Waals surface area contributed by atoms with Gasteiger partial charge in [0.15, 0.2) is 6.29 Å². The average Bonchev–Trinajstić information content (AvgIpc) is 3.09. The van der Waals surface area contributed by atoms with E-state index >= 15 is 0 Å². The number of aliphatic hydroxyl groups excluding tert-OH is 1. The van der Waals surface area contributed by atoms with Crippen LogP contribution in [-0.4, -0.2) is 52.4 Å². The first-order chi connectivity index (χ1) is 23.7. The molecule has 2 amide bonds. The molecule has 2 heterocycles. The number of urea groups is 1. The van der Waals surface area contributed by atoms with Gasteiger partial charge < -0.3 is 35.2 Å². The summed E-state index contributed by atoms with van der Waals surface area (Å²) in [5.41, 5.74) is 3.56. The standard InChI is InChI=1S/C40H48ClN3O5/c41-33-9-7-32(8-10-33)40(47)13-15-44(16-14-40)24-35-20-36(30-3-1-26(25-45)2-4-30)49-37(48-35)31-5-11-34(12-6-31)42-38(46)43-39-21-27-17-28(22-39)19-29(18-27)23-39/h1-12,27-29,35-37,45,47H,13-25H2,(H2,42,43,46)/t27?,28?,29?,35-,36+,37+,39?/m0/s1. The minimum Gasteiger partial charge on any atom is -0.392 e. The molecule has 49 heavy (non-hydrogen) atoms. The maximum atomic E-state index is 13.2. The number of halogens is 1. The molecule has 4 N–H and O–H groups in total. The second-order valence-electron chi connectivity index (χ2n) is 15.6. The van der Waals surface area contributed by atoms with E-state index in [4.69, 9.17) is 21.1 Å². The fraction of sp³-hybridized carbons (Fsp3) is 0.525. The molecule has 3 atom stereocenters. The van der Waals surface area contributed by atoms with Gasteiger partial charge in [-0.15, -0.1) is 0 Å². The molecule has 0 aromatic heterocycles. The Morgan fingerprint density at radius 2 is 1.43 bits per heavy atom. The van der Waals surface area contributed by atoms with Crippen molar-refractivity contribution >= 4 is 23.3 Å².